The Kier molecular flexibility index (Phi) is 6.12. The molecule has 0 saturated heterocycles. The Labute approximate surface area is 136 Å². The molecule has 1 fully saturated rings. The van der Waals surface area contributed by atoms with Crippen molar-refractivity contribution in [1.29, 1.82) is 0 Å². The van der Waals surface area contributed by atoms with Crippen molar-refractivity contribution in [1.82, 2.24) is 5.32 Å². The Hall–Kier alpha value is 0.140. The van der Waals surface area contributed by atoms with Crippen LogP contribution in [0.25, 0.3) is 0 Å². The van der Waals surface area contributed by atoms with Gasteiger partial charge in [0, 0.05) is 10.9 Å². The van der Waals surface area contributed by atoms with Gasteiger partial charge >= 0.3 is 0 Å². The predicted octanol–water partition coefficient (Wildman–Crippen LogP) is 5.64. The molecular formula is C17H28BrNS. The van der Waals surface area contributed by atoms with Gasteiger partial charge in [0.15, 0.2) is 0 Å². The van der Waals surface area contributed by atoms with E-state index in [0.29, 0.717) is 11.5 Å². The van der Waals surface area contributed by atoms with Crippen molar-refractivity contribution in [3.63, 3.8) is 0 Å². The van der Waals surface area contributed by atoms with Gasteiger partial charge in [-0.15, -0.1) is 11.3 Å². The number of nitrogens with one attached hydrogen (secondary N) is 1. The van der Waals surface area contributed by atoms with Gasteiger partial charge in [-0.1, -0.05) is 33.6 Å². The normalized spacial score (nSPS) is 23.7. The van der Waals surface area contributed by atoms with E-state index in [1.54, 1.807) is 0 Å². The van der Waals surface area contributed by atoms with E-state index in [1.165, 1.54) is 47.2 Å². The Bertz CT molecular complexity index is 413. The second-order valence-electron chi connectivity index (χ2n) is 6.81. The van der Waals surface area contributed by atoms with Gasteiger partial charge in [-0.25, -0.2) is 0 Å². The molecule has 1 aliphatic rings. The Balaban J connectivity index is 2.09. The van der Waals surface area contributed by atoms with Crippen molar-refractivity contribution in [3.05, 3.63) is 20.8 Å². The lowest BCUT2D eigenvalue weighted by molar-refractivity contribution is 0.0984. The van der Waals surface area contributed by atoms with Crippen LogP contribution in [0.4, 0.5) is 0 Å². The average molecular weight is 358 g/mol. The van der Waals surface area contributed by atoms with Crippen LogP contribution in [0, 0.1) is 11.3 Å². The summed E-state index contributed by atoms with van der Waals surface area (Å²) in [4.78, 5) is 1.51. The molecule has 1 aromatic rings. The molecule has 0 spiro atoms. The first-order chi connectivity index (χ1) is 9.53. The minimum absolute atomic E-state index is 0.484. The maximum Gasteiger partial charge on any atom is 0.0701 e. The second kappa shape index (κ2) is 7.42. The minimum Gasteiger partial charge on any atom is -0.313 e. The summed E-state index contributed by atoms with van der Waals surface area (Å²) in [5, 5.41) is 3.84. The topological polar surface area (TPSA) is 12.0 Å². The lowest BCUT2D eigenvalue weighted by atomic mass is 9.65. The van der Waals surface area contributed by atoms with Crippen LogP contribution in [0.15, 0.2) is 15.9 Å². The number of thiophene rings is 1. The lowest BCUT2D eigenvalue weighted by Gasteiger charge is -2.43. The number of hydrogen-bond acceptors (Lipinski definition) is 2. The van der Waals surface area contributed by atoms with Gasteiger partial charge < -0.3 is 5.32 Å². The van der Waals surface area contributed by atoms with Gasteiger partial charge in [0.2, 0.25) is 0 Å². The van der Waals surface area contributed by atoms with Crippen LogP contribution in [-0.2, 0) is 6.42 Å². The van der Waals surface area contributed by atoms with E-state index in [-0.39, 0.29) is 0 Å². The zero-order chi connectivity index (χ0) is 14.6. The molecule has 20 heavy (non-hydrogen) atoms. The maximum absolute atomic E-state index is 3.84. The quantitative estimate of drug-likeness (QED) is 0.694. The Morgan fingerprint density at radius 3 is 2.80 bits per heavy atom. The summed E-state index contributed by atoms with van der Waals surface area (Å²) in [6, 6.07) is 5.10. The van der Waals surface area contributed by atoms with Crippen molar-refractivity contribution < 1.29 is 0 Å². The van der Waals surface area contributed by atoms with Crippen molar-refractivity contribution >= 4 is 27.3 Å². The highest BCUT2D eigenvalue weighted by Gasteiger charge is 2.37. The van der Waals surface area contributed by atoms with Crippen molar-refractivity contribution in [3.8, 4) is 0 Å². The van der Waals surface area contributed by atoms with Gasteiger partial charge in [0.1, 0.15) is 0 Å². The summed E-state index contributed by atoms with van der Waals surface area (Å²) in [7, 11) is 0. The molecule has 1 aromatic heterocycles. The van der Waals surface area contributed by atoms with Crippen LogP contribution in [0.5, 0.6) is 0 Å². The lowest BCUT2D eigenvalue weighted by Crippen LogP contribution is -2.46. The van der Waals surface area contributed by atoms with Crippen molar-refractivity contribution in [2.75, 3.05) is 6.54 Å². The summed E-state index contributed by atoms with van der Waals surface area (Å²) >= 11 is 5.48. The summed E-state index contributed by atoms with van der Waals surface area (Å²) in [6.45, 7) is 8.35. The highest BCUT2D eigenvalue weighted by Crippen LogP contribution is 2.43. The van der Waals surface area contributed by atoms with E-state index >= 15 is 0 Å². The van der Waals surface area contributed by atoms with Gasteiger partial charge in [-0.3, -0.25) is 0 Å². The zero-order valence-electron chi connectivity index (χ0n) is 13.0. The monoisotopic (exact) mass is 357 g/mol. The van der Waals surface area contributed by atoms with E-state index in [9.17, 15) is 0 Å². The molecule has 1 N–H and O–H groups in total. The van der Waals surface area contributed by atoms with Crippen molar-refractivity contribution in [2.24, 2.45) is 11.3 Å². The molecule has 2 atom stereocenters. The first kappa shape index (κ1) is 16.5. The van der Waals surface area contributed by atoms with Crippen LogP contribution in [-0.4, -0.2) is 12.6 Å². The molecule has 3 heteroatoms. The van der Waals surface area contributed by atoms with E-state index in [1.807, 2.05) is 11.3 Å². The fourth-order valence-corrected chi connectivity index (χ4v) is 5.17. The molecular weight excluding hydrogens is 330 g/mol. The summed E-state index contributed by atoms with van der Waals surface area (Å²) in [5.41, 5.74) is 0.484. The molecule has 1 saturated carbocycles. The third kappa shape index (κ3) is 4.32. The SMILES string of the molecule is CCCNC(Cc1ccc(Br)s1)C1CCCCC1(C)C. The molecule has 2 unspecified atom stereocenters. The highest BCUT2D eigenvalue weighted by molar-refractivity contribution is 9.11. The van der Waals surface area contributed by atoms with Crippen LogP contribution in [0.3, 0.4) is 0 Å². The summed E-state index contributed by atoms with van der Waals surface area (Å²) in [6.07, 6.45) is 8.00. The molecule has 1 heterocycles. The molecule has 0 aromatic carbocycles. The minimum atomic E-state index is 0.484. The standard InChI is InChI=1S/C17H28BrNS/c1-4-11-19-15(12-13-8-9-16(18)20-13)14-7-5-6-10-17(14,2)3/h8-9,14-15,19H,4-7,10-12H2,1-3H3. The fraction of sp³-hybridized carbons (Fsp3) is 0.765. The van der Waals surface area contributed by atoms with E-state index < -0.39 is 0 Å². The third-order valence-electron chi connectivity index (χ3n) is 4.78. The molecule has 0 aliphatic heterocycles. The fourth-order valence-electron chi connectivity index (χ4n) is 3.63. The molecule has 2 rings (SSSR count). The smallest absolute Gasteiger partial charge is 0.0701 e. The number of hydrogen-bond donors (Lipinski definition) is 1. The average Bonchev–Trinajstić information content (AvgIpc) is 2.80. The van der Waals surface area contributed by atoms with Crippen LogP contribution < -0.4 is 5.32 Å². The molecule has 1 nitrogen and oxygen atoms in total. The first-order valence-corrected chi connectivity index (χ1v) is 9.61. The van der Waals surface area contributed by atoms with E-state index in [4.69, 9.17) is 0 Å². The summed E-state index contributed by atoms with van der Waals surface area (Å²) < 4.78 is 1.25. The van der Waals surface area contributed by atoms with Gasteiger partial charge in [0.05, 0.1) is 3.79 Å². The van der Waals surface area contributed by atoms with Crippen LogP contribution in [0.1, 0.15) is 57.8 Å². The van der Waals surface area contributed by atoms with Crippen LogP contribution >= 0.6 is 27.3 Å². The summed E-state index contributed by atoms with van der Waals surface area (Å²) in [5.74, 6) is 0.809. The molecule has 0 radical (unpaired) electrons. The Morgan fingerprint density at radius 2 is 2.20 bits per heavy atom. The van der Waals surface area contributed by atoms with E-state index in [2.05, 4.69) is 54.2 Å². The molecule has 1 aliphatic carbocycles. The van der Waals surface area contributed by atoms with Crippen molar-refractivity contribution in [2.45, 2.75) is 65.3 Å². The molecule has 0 bridgehead atoms. The number of rotatable bonds is 6. The number of halogens is 1. The second-order valence-corrected chi connectivity index (χ2v) is 9.36. The third-order valence-corrected chi connectivity index (χ3v) is 6.43. The first-order valence-electron chi connectivity index (χ1n) is 8.00. The highest BCUT2D eigenvalue weighted by atomic mass is 79.9. The molecule has 114 valence electrons. The zero-order valence-corrected chi connectivity index (χ0v) is 15.4. The largest absolute Gasteiger partial charge is 0.313 e. The van der Waals surface area contributed by atoms with Gasteiger partial charge in [-0.05, 0) is 71.6 Å². The Morgan fingerprint density at radius 1 is 1.40 bits per heavy atom. The predicted molar refractivity (Wildman–Crippen MR) is 93.5 cm³/mol. The van der Waals surface area contributed by atoms with Gasteiger partial charge in [0.25, 0.3) is 0 Å². The van der Waals surface area contributed by atoms with Gasteiger partial charge in [-0.2, -0.15) is 0 Å². The maximum atomic E-state index is 3.84. The van der Waals surface area contributed by atoms with Crippen LogP contribution in [0.2, 0.25) is 0 Å². The van der Waals surface area contributed by atoms with E-state index in [0.717, 1.165) is 12.5 Å². The molecule has 0 amide bonds.